The van der Waals surface area contributed by atoms with Crippen molar-refractivity contribution in [3.63, 3.8) is 0 Å². The summed E-state index contributed by atoms with van der Waals surface area (Å²) in [5, 5.41) is 8.26. The largest absolute Gasteiger partial charge is 0.394 e. The fourth-order valence-electron chi connectivity index (χ4n) is 0.920. The third kappa shape index (κ3) is 1.47. The van der Waals surface area contributed by atoms with E-state index in [1.54, 1.807) is 0 Å². The van der Waals surface area contributed by atoms with Crippen LogP contribution in [0.2, 0.25) is 0 Å². The van der Waals surface area contributed by atoms with E-state index in [1.807, 2.05) is 0 Å². The van der Waals surface area contributed by atoms with E-state index in [1.165, 1.54) is 6.07 Å². The van der Waals surface area contributed by atoms with Crippen molar-refractivity contribution in [2.75, 3.05) is 0 Å². The predicted molar refractivity (Wildman–Crippen MR) is 32.6 cm³/mol. The van der Waals surface area contributed by atoms with Gasteiger partial charge in [-0.2, -0.15) is 18.4 Å². The molecule has 4 heteroatoms. The lowest BCUT2D eigenvalue weighted by atomic mass is 10.0. The van der Waals surface area contributed by atoms with Crippen LogP contribution in [-0.2, 0) is 0 Å². The van der Waals surface area contributed by atoms with Gasteiger partial charge in [0.05, 0.1) is 11.5 Å². The van der Waals surface area contributed by atoms with Gasteiger partial charge in [-0.1, -0.05) is 0 Å². The molecule has 0 heterocycles. The molecule has 0 aromatic heterocycles. The molecular formula is C7H8F3N. The molecule has 0 atom stereocenters. The van der Waals surface area contributed by atoms with Gasteiger partial charge in [-0.3, -0.25) is 0 Å². The van der Waals surface area contributed by atoms with Crippen LogP contribution in [0.1, 0.15) is 28.4 Å². The first-order chi connectivity index (χ1) is 5.72. The molecule has 0 aromatic rings. The van der Waals surface area contributed by atoms with Crippen molar-refractivity contribution in [2.24, 2.45) is 5.41 Å². The van der Waals surface area contributed by atoms with Gasteiger partial charge in [0, 0.05) is 9.11 Å². The van der Waals surface area contributed by atoms with Gasteiger partial charge in [-0.05, 0) is 19.3 Å². The minimum absolute atomic E-state index is 0.0578. The van der Waals surface area contributed by atoms with Gasteiger partial charge < -0.3 is 0 Å². The molecule has 1 fully saturated rings. The predicted octanol–water partition coefficient (Wildman–Crippen LogP) is 2.63. The molecule has 0 spiro atoms. The summed E-state index contributed by atoms with van der Waals surface area (Å²) in [5.41, 5.74) is -1.92. The quantitative estimate of drug-likeness (QED) is 0.617. The smallest absolute Gasteiger partial charge is 0.198 e. The van der Waals surface area contributed by atoms with E-state index in [-0.39, 0.29) is 12.8 Å². The molecule has 0 unspecified atom stereocenters. The number of rotatable bonds is 2. The second-order valence-corrected chi connectivity index (χ2v) is 2.74. The molecule has 62 valence electrons. The highest BCUT2D eigenvalue weighted by Gasteiger charge is 2.62. The van der Waals surface area contributed by atoms with Crippen molar-refractivity contribution >= 4 is 0 Å². The average Bonchev–Trinajstić information content (AvgIpc) is 2.67. The first-order valence-corrected chi connectivity index (χ1v) is 3.20. The van der Waals surface area contributed by atoms with Crippen molar-refractivity contribution < 1.29 is 15.9 Å². The van der Waals surface area contributed by atoms with Gasteiger partial charge in [0.15, 0.2) is 0 Å². The van der Waals surface area contributed by atoms with Crippen molar-refractivity contribution in [3.05, 3.63) is 0 Å². The summed E-state index contributed by atoms with van der Waals surface area (Å²) in [4.78, 5) is 0. The van der Waals surface area contributed by atoms with E-state index in [0.29, 0.717) is 0 Å². The lowest BCUT2D eigenvalue weighted by Gasteiger charge is -2.16. The van der Waals surface area contributed by atoms with E-state index in [4.69, 9.17) is 8.00 Å². The van der Waals surface area contributed by atoms with Crippen LogP contribution in [0.3, 0.4) is 0 Å². The number of halogens is 3. The Kier molecular flexibility index (Phi) is 1.28. The molecule has 11 heavy (non-hydrogen) atoms. The van der Waals surface area contributed by atoms with Crippen LogP contribution in [0, 0.1) is 16.7 Å². The van der Waals surface area contributed by atoms with Crippen LogP contribution in [0.5, 0.6) is 0 Å². The second-order valence-electron chi connectivity index (χ2n) is 2.74. The molecule has 1 rings (SSSR count). The number of nitriles is 1. The summed E-state index contributed by atoms with van der Waals surface area (Å²) >= 11 is 0. The van der Waals surface area contributed by atoms with Crippen molar-refractivity contribution in [1.82, 2.24) is 0 Å². The average molecular weight is 165 g/mol. The summed E-state index contributed by atoms with van der Waals surface area (Å²) < 4.78 is 50.8. The molecule has 1 aliphatic carbocycles. The van der Waals surface area contributed by atoms with E-state index in [2.05, 4.69) is 0 Å². The molecule has 0 amide bonds. The van der Waals surface area contributed by atoms with Gasteiger partial charge in [0.25, 0.3) is 0 Å². The molecule has 0 N–H and O–H groups in total. The molecule has 1 saturated carbocycles. The van der Waals surface area contributed by atoms with Gasteiger partial charge >= 0.3 is 6.18 Å². The summed E-state index contributed by atoms with van der Waals surface area (Å²) in [6, 6.07) is 1.24. The lowest BCUT2D eigenvalue weighted by molar-refractivity contribution is -0.188. The van der Waals surface area contributed by atoms with Crippen molar-refractivity contribution in [2.45, 2.75) is 31.8 Å². The van der Waals surface area contributed by atoms with Crippen LogP contribution >= 0.6 is 0 Å². The third-order valence-corrected chi connectivity index (χ3v) is 1.96. The zero-order chi connectivity index (χ0) is 10.3. The van der Waals surface area contributed by atoms with E-state index < -0.39 is 24.4 Å². The molecule has 0 aliphatic heterocycles. The van der Waals surface area contributed by atoms with Crippen LogP contribution in [0.4, 0.5) is 13.2 Å². The number of nitrogens with zero attached hydrogens (tertiary/aromatic N) is 1. The van der Waals surface area contributed by atoms with Crippen molar-refractivity contribution in [1.29, 1.82) is 5.26 Å². The van der Waals surface area contributed by atoms with E-state index >= 15 is 0 Å². The SMILES string of the molecule is [2H]C([2H])(C#N)CC1(C(F)(F)F)CC1. The fourth-order valence-corrected chi connectivity index (χ4v) is 0.920. The van der Waals surface area contributed by atoms with Gasteiger partial charge in [-0.15, -0.1) is 0 Å². The van der Waals surface area contributed by atoms with Crippen LogP contribution < -0.4 is 0 Å². The maximum absolute atomic E-state index is 12.3. The first kappa shape index (κ1) is 5.87. The summed E-state index contributed by atoms with van der Waals surface area (Å²) in [6.07, 6.45) is -7.60. The number of alkyl halides is 3. The molecular weight excluding hydrogens is 155 g/mol. The standard InChI is InChI=1S/C7H8F3N/c8-7(9,10)6(3-4-6)2-1-5-11/h1-4H2/i1D2. The minimum Gasteiger partial charge on any atom is -0.198 e. The zero-order valence-corrected chi connectivity index (χ0v) is 5.70. The Labute approximate surface area is 65.6 Å². The Morgan fingerprint density at radius 1 is 1.55 bits per heavy atom. The van der Waals surface area contributed by atoms with Crippen LogP contribution in [0.15, 0.2) is 0 Å². The highest BCUT2D eigenvalue weighted by molar-refractivity contribution is 5.00. The molecule has 0 aromatic carbocycles. The highest BCUT2D eigenvalue weighted by Crippen LogP contribution is 2.60. The Morgan fingerprint density at radius 2 is 2.09 bits per heavy atom. The van der Waals surface area contributed by atoms with Gasteiger partial charge in [-0.25, -0.2) is 0 Å². The molecule has 1 aliphatic rings. The maximum Gasteiger partial charge on any atom is 0.394 e. The van der Waals surface area contributed by atoms with E-state index in [9.17, 15) is 13.2 Å². The topological polar surface area (TPSA) is 23.8 Å². The van der Waals surface area contributed by atoms with Crippen LogP contribution in [0.25, 0.3) is 0 Å². The Bertz CT molecular complexity index is 249. The number of hydrogen-bond acceptors (Lipinski definition) is 1. The summed E-state index contributed by atoms with van der Waals surface area (Å²) in [6.45, 7) is 0. The Balaban J connectivity index is 2.71. The fraction of sp³-hybridized carbons (Fsp3) is 0.857. The number of hydrogen-bond donors (Lipinski definition) is 0. The second kappa shape index (κ2) is 2.40. The summed E-state index contributed by atoms with van der Waals surface area (Å²) in [7, 11) is 0. The normalized spacial score (nSPS) is 24.9. The Morgan fingerprint density at radius 3 is 2.36 bits per heavy atom. The lowest BCUT2D eigenvalue weighted by Crippen LogP contribution is -2.24. The van der Waals surface area contributed by atoms with Crippen molar-refractivity contribution in [3.8, 4) is 6.07 Å². The zero-order valence-electron chi connectivity index (χ0n) is 7.70. The third-order valence-electron chi connectivity index (χ3n) is 1.96. The van der Waals surface area contributed by atoms with Gasteiger partial charge in [0.1, 0.15) is 0 Å². The molecule has 0 saturated heterocycles. The van der Waals surface area contributed by atoms with E-state index in [0.717, 1.165) is 0 Å². The van der Waals surface area contributed by atoms with Crippen LogP contribution in [-0.4, -0.2) is 6.18 Å². The van der Waals surface area contributed by atoms with Gasteiger partial charge in [0.2, 0.25) is 0 Å². The highest BCUT2D eigenvalue weighted by atomic mass is 19.4. The summed E-state index contributed by atoms with van der Waals surface area (Å²) in [5.74, 6) is 0. The maximum atomic E-state index is 12.3. The molecule has 0 radical (unpaired) electrons. The molecule has 0 bridgehead atoms. The Hall–Kier alpha value is -0.720. The first-order valence-electron chi connectivity index (χ1n) is 4.20. The molecule has 1 nitrogen and oxygen atoms in total. The monoisotopic (exact) mass is 165 g/mol. The minimum atomic E-state index is -4.38.